The summed E-state index contributed by atoms with van der Waals surface area (Å²) in [6, 6.07) is 20.0. The van der Waals surface area contributed by atoms with Crippen molar-refractivity contribution in [2.45, 2.75) is 69.6 Å². The minimum Gasteiger partial charge on any atom is -0.507 e. The summed E-state index contributed by atoms with van der Waals surface area (Å²) in [7, 11) is 1.91. The Bertz CT molecular complexity index is 2520. The molecule has 15 nitrogen and oxygen atoms in total. The van der Waals surface area contributed by atoms with Crippen LogP contribution in [0.2, 0.25) is 0 Å². The first-order valence-corrected chi connectivity index (χ1v) is 23.3. The largest absolute Gasteiger partial charge is 0.507 e. The van der Waals surface area contributed by atoms with Crippen molar-refractivity contribution in [1.82, 2.24) is 25.3 Å². The fourth-order valence-corrected chi connectivity index (χ4v) is 12.3. The van der Waals surface area contributed by atoms with E-state index in [1.807, 2.05) is 53.2 Å². The van der Waals surface area contributed by atoms with Gasteiger partial charge in [-0.2, -0.15) is 0 Å². The third-order valence-corrected chi connectivity index (χ3v) is 15.9. The topological polar surface area (TPSA) is 170 Å². The number of hydrogen-bond acceptors (Lipinski definition) is 12. The summed E-state index contributed by atoms with van der Waals surface area (Å²) in [5.74, 6) is 2.67. The van der Waals surface area contributed by atoms with Gasteiger partial charge in [-0.05, 0) is 109 Å². The molecule has 1 aromatic heterocycles. The van der Waals surface area contributed by atoms with Gasteiger partial charge in [0.25, 0.3) is 0 Å². The molecule has 0 radical (unpaired) electrons. The maximum Gasteiger partial charge on any atom is 0.319 e. The third kappa shape index (κ3) is 7.28. The molecule has 16 heteroatoms. The number of urea groups is 1. The zero-order valence-corrected chi connectivity index (χ0v) is 36.7. The number of carbonyl (C=O) groups is 3. The number of phenols is 1. The van der Waals surface area contributed by atoms with Crippen molar-refractivity contribution in [1.29, 1.82) is 0 Å². The number of fused-ring (bicyclic) bond motifs is 2. The van der Waals surface area contributed by atoms with Gasteiger partial charge in [0, 0.05) is 77.2 Å². The van der Waals surface area contributed by atoms with Crippen molar-refractivity contribution in [3.8, 4) is 28.5 Å². The van der Waals surface area contributed by atoms with Gasteiger partial charge in [-0.3, -0.25) is 14.9 Å². The molecule has 6 heterocycles. The zero-order chi connectivity index (χ0) is 44.6. The van der Waals surface area contributed by atoms with Crippen LogP contribution >= 0.6 is 0 Å². The van der Waals surface area contributed by atoms with Crippen LogP contribution in [0.4, 0.5) is 32.1 Å². The molecule has 4 aromatic rings. The maximum absolute atomic E-state index is 15.5. The number of anilines is 4. The number of benzene rings is 3. The van der Waals surface area contributed by atoms with Crippen molar-refractivity contribution >= 4 is 40.7 Å². The molecule has 6 fully saturated rings. The smallest absolute Gasteiger partial charge is 0.319 e. The number of nitrogens with one attached hydrogen (secondary N) is 1. The fraction of sp³-hybridized carbons (Fsp3) is 0.490. The van der Waals surface area contributed by atoms with Gasteiger partial charge in [0.05, 0.1) is 29.3 Å². The van der Waals surface area contributed by atoms with Gasteiger partial charge in [0.15, 0.2) is 11.6 Å². The summed E-state index contributed by atoms with van der Waals surface area (Å²) in [4.78, 5) is 48.9. The lowest BCUT2D eigenvalue weighted by Crippen LogP contribution is -2.54. The monoisotopic (exact) mass is 885 g/mol. The van der Waals surface area contributed by atoms with Gasteiger partial charge >= 0.3 is 6.03 Å². The molecule has 2 saturated carbocycles. The Morgan fingerprint density at radius 1 is 0.923 bits per heavy atom. The van der Waals surface area contributed by atoms with E-state index in [9.17, 15) is 19.5 Å². The summed E-state index contributed by atoms with van der Waals surface area (Å²) < 4.78 is 28.2. The molecule has 2 aliphatic carbocycles. The van der Waals surface area contributed by atoms with E-state index in [1.165, 1.54) is 6.07 Å². The molecule has 7 aliphatic rings. The lowest BCUT2D eigenvalue weighted by atomic mass is 9.68. The van der Waals surface area contributed by atoms with Crippen LogP contribution in [0, 0.1) is 29.0 Å². The number of hydrogen-bond donors (Lipinski definition) is 3. The highest BCUT2D eigenvalue weighted by Gasteiger charge is 2.77. The maximum atomic E-state index is 15.5. The Kier molecular flexibility index (Phi) is 10.4. The number of amides is 4. The van der Waals surface area contributed by atoms with Crippen molar-refractivity contribution in [3.63, 3.8) is 0 Å². The van der Waals surface area contributed by atoms with Crippen LogP contribution in [0.15, 0.2) is 66.7 Å². The normalized spacial score (nSPS) is 26.4. The lowest BCUT2D eigenvalue weighted by molar-refractivity contribution is -0.134. The molecule has 4 N–H and O–H groups in total. The minimum absolute atomic E-state index is 0.0351. The second kappa shape index (κ2) is 16.3. The summed E-state index contributed by atoms with van der Waals surface area (Å²) in [6.45, 7) is 5.37. The molecule has 11 rings (SSSR count). The van der Waals surface area contributed by atoms with Crippen LogP contribution in [-0.4, -0.2) is 121 Å². The number of aromatic hydroxyl groups is 1. The predicted octanol–water partition coefficient (Wildman–Crippen LogP) is 5.45. The van der Waals surface area contributed by atoms with E-state index in [0.29, 0.717) is 104 Å². The fourth-order valence-electron chi connectivity index (χ4n) is 12.3. The lowest BCUT2D eigenvalue weighted by Gasteiger charge is -2.43. The Labute approximate surface area is 377 Å². The molecular formula is C49H56FN9O6. The van der Waals surface area contributed by atoms with Crippen molar-refractivity contribution < 1.29 is 33.4 Å². The average molecular weight is 886 g/mol. The Balaban J connectivity index is 0.668. The Morgan fingerprint density at radius 3 is 2.51 bits per heavy atom. The average Bonchev–Trinajstić information content (AvgIpc) is 3.93. The number of aromatic nitrogens is 2. The van der Waals surface area contributed by atoms with Gasteiger partial charge in [-0.15, -0.1) is 10.2 Å². The number of phenolic OH excluding ortho intramolecular Hbond substituents is 1. The number of para-hydroxylation sites is 2. The van der Waals surface area contributed by atoms with E-state index in [1.54, 1.807) is 18.2 Å². The van der Waals surface area contributed by atoms with E-state index >= 15 is 4.39 Å². The predicted molar refractivity (Wildman–Crippen MR) is 242 cm³/mol. The van der Waals surface area contributed by atoms with E-state index in [4.69, 9.17) is 15.2 Å². The quantitative estimate of drug-likeness (QED) is 0.182. The van der Waals surface area contributed by atoms with Gasteiger partial charge < -0.3 is 44.8 Å². The number of likely N-dealkylation sites (tertiary alicyclic amines) is 1. The van der Waals surface area contributed by atoms with Crippen LogP contribution < -0.4 is 35.2 Å². The van der Waals surface area contributed by atoms with Gasteiger partial charge in [-0.1, -0.05) is 18.2 Å². The Hall–Kier alpha value is -6.32. The number of piperidine rings is 4. The van der Waals surface area contributed by atoms with Crippen LogP contribution in [-0.2, 0) is 16.0 Å². The molecule has 2 unspecified atom stereocenters. The van der Waals surface area contributed by atoms with Gasteiger partial charge in [0.1, 0.15) is 36.1 Å². The highest BCUT2D eigenvalue weighted by Crippen LogP contribution is 2.78. The number of ether oxygens (including phenoxy) is 2. The first-order chi connectivity index (χ1) is 31.5. The summed E-state index contributed by atoms with van der Waals surface area (Å²) >= 11 is 0. The van der Waals surface area contributed by atoms with Gasteiger partial charge in [0.2, 0.25) is 11.8 Å². The second-order valence-electron chi connectivity index (χ2n) is 19.2. The second-order valence-corrected chi connectivity index (χ2v) is 19.2. The first kappa shape index (κ1) is 41.4. The summed E-state index contributed by atoms with van der Waals surface area (Å²) in [5.41, 5.74) is 11.0. The molecule has 3 aromatic carbocycles. The van der Waals surface area contributed by atoms with E-state index in [-0.39, 0.29) is 47.0 Å². The van der Waals surface area contributed by atoms with Crippen molar-refractivity contribution in [2.24, 2.45) is 23.2 Å². The Morgan fingerprint density at radius 2 is 1.72 bits per heavy atom. The molecule has 4 saturated heterocycles. The molecule has 0 bridgehead atoms. The van der Waals surface area contributed by atoms with Gasteiger partial charge in [-0.25, -0.2) is 9.18 Å². The molecular weight excluding hydrogens is 830 g/mol. The van der Waals surface area contributed by atoms with Crippen molar-refractivity contribution in [2.75, 3.05) is 79.9 Å². The first-order valence-electron chi connectivity index (χ1n) is 23.3. The number of rotatable bonds is 9. The summed E-state index contributed by atoms with van der Waals surface area (Å²) in [6.07, 6.45) is 5.57. The highest BCUT2D eigenvalue weighted by molar-refractivity contribution is 6.02. The minimum atomic E-state index is -0.405. The standard InChI is InChI=1S/C49H56FN9O6/c1-55(31-13-17-56(18-14-31)39-6-4-7-40-45(39)64-22-21-59(40)41-11-12-44(61)52-47(41)62)48(63)57-19-15-32(16-20-57)65-33-9-10-37(50)29(23-33)26-49-30-24-35(49)36(49)28-58(27-30)42-25-38(53-54-46(42)51)34-5-2-3-8-43(34)60/h2-10,23,25,30-32,35-36,41,60H,11-22,24,26-28H2,1H3,(H2,51,54)(H,52,61,62)/t30-,35?,36-,41-,49?/m0/s1. The molecule has 65 heavy (non-hydrogen) atoms. The number of imide groups is 1. The number of nitrogens with two attached hydrogens (primary N) is 1. The summed E-state index contributed by atoms with van der Waals surface area (Å²) in [5, 5.41) is 21.4. The highest BCUT2D eigenvalue weighted by atomic mass is 19.1. The third-order valence-electron chi connectivity index (χ3n) is 15.9. The number of carbonyl (C=O) groups excluding carboxylic acids is 3. The van der Waals surface area contributed by atoms with Crippen LogP contribution in [0.25, 0.3) is 11.3 Å². The molecule has 5 aliphatic heterocycles. The van der Waals surface area contributed by atoms with E-state index in [0.717, 1.165) is 68.3 Å². The van der Waals surface area contributed by atoms with E-state index in [2.05, 4.69) is 36.3 Å². The molecule has 340 valence electrons. The number of halogens is 1. The van der Waals surface area contributed by atoms with Crippen molar-refractivity contribution in [3.05, 3.63) is 78.1 Å². The number of nitrogens with zero attached hydrogens (tertiary/aromatic N) is 7. The molecule has 0 spiro atoms. The van der Waals surface area contributed by atoms with Crippen LogP contribution in [0.3, 0.4) is 0 Å². The molecule has 5 atom stereocenters. The van der Waals surface area contributed by atoms with Crippen LogP contribution in [0.1, 0.15) is 50.5 Å². The SMILES string of the molecule is CN(C(=O)N1CCC(Oc2ccc(F)c(CC34C5C[C@H]3CN(c3cc(-c6ccccc6O)nnc3N)C[C@@H]54)c2)CC1)C1CCN(c2cccc3c2OCCN3[C@H]2CCC(=O)NC2=O)CC1. The zero-order valence-electron chi connectivity index (χ0n) is 36.7. The van der Waals surface area contributed by atoms with E-state index < -0.39 is 6.04 Å². The number of nitrogen functional groups attached to an aromatic ring is 1. The molecule has 4 amide bonds. The van der Waals surface area contributed by atoms with Crippen LogP contribution in [0.5, 0.6) is 17.2 Å².